The zero-order chi connectivity index (χ0) is 20.0. The quantitative estimate of drug-likeness (QED) is 0.605. The first-order valence-electron chi connectivity index (χ1n) is 8.86. The van der Waals surface area contributed by atoms with E-state index in [1.54, 1.807) is 26.0 Å². The van der Waals surface area contributed by atoms with Crippen LogP contribution in [0.4, 0.5) is 0 Å². The van der Waals surface area contributed by atoms with Crippen LogP contribution in [-0.4, -0.2) is 26.9 Å². The van der Waals surface area contributed by atoms with E-state index in [0.29, 0.717) is 5.56 Å². The third-order valence-electron chi connectivity index (χ3n) is 4.14. The van der Waals surface area contributed by atoms with Gasteiger partial charge in [-0.15, -0.1) is 12.4 Å². The van der Waals surface area contributed by atoms with Crippen molar-refractivity contribution in [3.05, 3.63) is 65.2 Å². The molecule has 2 unspecified atom stereocenters. The Morgan fingerprint density at radius 2 is 1.75 bits per heavy atom. The molecule has 0 aliphatic rings. The highest BCUT2D eigenvalue weighted by Crippen LogP contribution is 2.18. The normalized spacial score (nSPS) is 13.3. The molecule has 0 bridgehead atoms. The van der Waals surface area contributed by atoms with Gasteiger partial charge >= 0.3 is 0 Å². The first-order valence-corrected chi connectivity index (χ1v) is 10.3. The molecule has 2 rings (SSSR count). The second kappa shape index (κ2) is 10.6. The summed E-state index contributed by atoms with van der Waals surface area (Å²) in [6.07, 6.45) is 0.174. The number of rotatable bonds is 8. The van der Waals surface area contributed by atoms with Crippen LogP contribution in [0.25, 0.3) is 0 Å². The predicted molar refractivity (Wildman–Crippen MR) is 114 cm³/mol. The molecule has 2 atom stereocenters. The Morgan fingerprint density at radius 3 is 2.32 bits per heavy atom. The van der Waals surface area contributed by atoms with Gasteiger partial charge in [0.2, 0.25) is 15.9 Å². The van der Waals surface area contributed by atoms with E-state index >= 15 is 0 Å². The summed E-state index contributed by atoms with van der Waals surface area (Å²) in [5, 5.41) is 2.87. The lowest BCUT2D eigenvalue weighted by Crippen LogP contribution is -2.39. The second-order valence-electron chi connectivity index (χ2n) is 6.83. The van der Waals surface area contributed by atoms with Crippen molar-refractivity contribution in [3.8, 4) is 0 Å². The number of nitrogens with two attached hydrogens (primary N) is 1. The van der Waals surface area contributed by atoms with E-state index in [4.69, 9.17) is 5.73 Å². The molecule has 0 saturated heterocycles. The highest BCUT2D eigenvalue weighted by Gasteiger charge is 2.21. The lowest BCUT2D eigenvalue weighted by Gasteiger charge is -2.21. The Labute approximate surface area is 173 Å². The van der Waals surface area contributed by atoms with Gasteiger partial charge in [0, 0.05) is 19.0 Å². The van der Waals surface area contributed by atoms with E-state index in [1.807, 2.05) is 43.3 Å². The fourth-order valence-electron chi connectivity index (χ4n) is 2.85. The van der Waals surface area contributed by atoms with Crippen LogP contribution >= 0.6 is 12.4 Å². The molecule has 0 spiro atoms. The molecule has 28 heavy (non-hydrogen) atoms. The minimum Gasteiger partial charge on any atom is -0.348 e. The summed E-state index contributed by atoms with van der Waals surface area (Å²) in [6, 6.07) is 13.7. The summed E-state index contributed by atoms with van der Waals surface area (Å²) in [5.74, 6) is -0.218. The van der Waals surface area contributed by atoms with Crippen LogP contribution in [0, 0.1) is 13.8 Å². The molecule has 0 aliphatic carbocycles. The van der Waals surface area contributed by atoms with Crippen molar-refractivity contribution in [2.75, 3.05) is 6.54 Å². The van der Waals surface area contributed by atoms with Crippen LogP contribution in [-0.2, 0) is 14.8 Å². The van der Waals surface area contributed by atoms with E-state index < -0.39 is 16.1 Å². The molecule has 0 saturated carbocycles. The SMILES string of the molecule is Cc1ccc(S(=O)(=O)NCC(NC(=O)CC(C)N)c2ccccc2)c(C)c1.Cl. The van der Waals surface area contributed by atoms with Gasteiger partial charge in [0.1, 0.15) is 0 Å². The van der Waals surface area contributed by atoms with Gasteiger partial charge in [-0.2, -0.15) is 0 Å². The maximum absolute atomic E-state index is 12.7. The number of aryl methyl sites for hydroxylation is 2. The number of nitrogens with one attached hydrogen (secondary N) is 2. The number of halogens is 1. The molecule has 0 fully saturated rings. The van der Waals surface area contributed by atoms with Crippen LogP contribution in [0.1, 0.15) is 36.1 Å². The zero-order valence-corrected chi connectivity index (χ0v) is 17.9. The van der Waals surface area contributed by atoms with Crippen LogP contribution in [0.3, 0.4) is 0 Å². The van der Waals surface area contributed by atoms with Gasteiger partial charge in [-0.25, -0.2) is 13.1 Å². The lowest BCUT2D eigenvalue weighted by molar-refractivity contribution is -0.122. The van der Waals surface area contributed by atoms with Crippen LogP contribution in [0.15, 0.2) is 53.4 Å². The van der Waals surface area contributed by atoms with E-state index in [2.05, 4.69) is 10.0 Å². The summed E-state index contributed by atoms with van der Waals surface area (Å²) in [7, 11) is -3.70. The molecule has 6 nitrogen and oxygen atoms in total. The van der Waals surface area contributed by atoms with E-state index in [1.165, 1.54) is 0 Å². The Hall–Kier alpha value is -1.93. The zero-order valence-electron chi connectivity index (χ0n) is 16.3. The maximum atomic E-state index is 12.7. The molecule has 2 aromatic carbocycles. The molecule has 0 radical (unpaired) electrons. The average Bonchev–Trinajstić information content (AvgIpc) is 2.58. The third kappa shape index (κ3) is 6.91. The highest BCUT2D eigenvalue weighted by molar-refractivity contribution is 7.89. The molecule has 8 heteroatoms. The van der Waals surface area contributed by atoms with Crippen LogP contribution in [0.5, 0.6) is 0 Å². The van der Waals surface area contributed by atoms with Gasteiger partial charge in [-0.05, 0) is 38.0 Å². The number of hydrogen-bond acceptors (Lipinski definition) is 4. The molecule has 1 amide bonds. The molecule has 0 aromatic heterocycles. The Balaban J connectivity index is 0.00000392. The van der Waals surface area contributed by atoms with Crippen LogP contribution in [0.2, 0.25) is 0 Å². The van der Waals surface area contributed by atoms with Gasteiger partial charge in [-0.1, -0.05) is 48.0 Å². The Bertz CT molecular complexity index is 887. The fourth-order valence-corrected chi connectivity index (χ4v) is 4.13. The smallest absolute Gasteiger partial charge is 0.240 e. The lowest BCUT2D eigenvalue weighted by atomic mass is 10.1. The van der Waals surface area contributed by atoms with Gasteiger partial charge in [0.05, 0.1) is 10.9 Å². The number of carbonyl (C=O) groups is 1. The average molecular weight is 426 g/mol. The monoisotopic (exact) mass is 425 g/mol. The summed E-state index contributed by atoms with van der Waals surface area (Å²) >= 11 is 0. The minimum atomic E-state index is -3.70. The summed E-state index contributed by atoms with van der Waals surface area (Å²) in [6.45, 7) is 5.47. The van der Waals surface area contributed by atoms with Gasteiger partial charge in [0.15, 0.2) is 0 Å². The highest BCUT2D eigenvalue weighted by atomic mass is 35.5. The van der Waals surface area contributed by atoms with Crippen molar-refractivity contribution in [2.24, 2.45) is 5.73 Å². The molecule has 154 valence electrons. The molecule has 4 N–H and O–H groups in total. The number of amides is 1. The van der Waals surface area contributed by atoms with Crippen molar-refractivity contribution in [2.45, 2.75) is 44.2 Å². The summed E-state index contributed by atoms with van der Waals surface area (Å²) in [5.41, 5.74) is 8.18. The largest absolute Gasteiger partial charge is 0.348 e. The molecule has 0 heterocycles. The van der Waals surface area contributed by atoms with Gasteiger partial charge < -0.3 is 11.1 Å². The summed E-state index contributed by atoms with van der Waals surface area (Å²) in [4.78, 5) is 12.4. The van der Waals surface area contributed by atoms with Crippen molar-refractivity contribution in [1.29, 1.82) is 0 Å². The van der Waals surface area contributed by atoms with Gasteiger partial charge in [0.25, 0.3) is 0 Å². The van der Waals surface area contributed by atoms with Gasteiger partial charge in [-0.3, -0.25) is 4.79 Å². The van der Waals surface area contributed by atoms with Crippen LogP contribution < -0.4 is 15.8 Å². The van der Waals surface area contributed by atoms with Crippen molar-refractivity contribution >= 4 is 28.3 Å². The maximum Gasteiger partial charge on any atom is 0.240 e. The number of hydrogen-bond donors (Lipinski definition) is 3. The van der Waals surface area contributed by atoms with E-state index in [-0.39, 0.29) is 42.2 Å². The first-order chi connectivity index (χ1) is 12.7. The van der Waals surface area contributed by atoms with E-state index in [0.717, 1.165) is 11.1 Å². The van der Waals surface area contributed by atoms with E-state index in [9.17, 15) is 13.2 Å². The Morgan fingerprint density at radius 1 is 1.11 bits per heavy atom. The first kappa shape index (κ1) is 24.1. The minimum absolute atomic E-state index is 0. The Kier molecular flexibility index (Phi) is 9.10. The van der Waals surface area contributed by atoms with Crippen molar-refractivity contribution in [3.63, 3.8) is 0 Å². The summed E-state index contributed by atoms with van der Waals surface area (Å²) < 4.78 is 28.1. The predicted octanol–water partition coefficient (Wildman–Crippen LogP) is 2.60. The number of sulfonamides is 1. The van der Waals surface area contributed by atoms with Crippen molar-refractivity contribution < 1.29 is 13.2 Å². The molecule has 2 aromatic rings. The third-order valence-corrected chi connectivity index (χ3v) is 5.73. The fraction of sp³-hybridized carbons (Fsp3) is 0.350. The molecular formula is C20H28ClN3O3S. The topological polar surface area (TPSA) is 101 Å². The molecule has 0 aliphatic heterocycles. The molecular weight excluding hydrogens is 398 g/mol. The number of carbonyl (C=O) groups excluding carboxylic acids is 1. The standard InChI is InChI=1S/C20H27N3O3S.ClH/c1-14-9-10-19(15(2)11-14)27(25,26)22-13-18(17-7-5-4-6-8-17)23-20(24)12-16(3)21;/h4-11,16,18,22H,12-13,21H2,1-3H3,(H,23,24);1H. The second-order valence-corrected chi connectivity index (χ2v) is 8.57. The van der Waals surface area contributed by atoms with Crippen molar-refractivity contribution in [1.82, 2.24) is 10.0 Å². The number of benzene rings is 2.